The van der Waals surface area contributed by atoms with Crippen LogP contribution in [0.5, 0.6) is 0 Å². The molecular weight excluding hydrogens is 862 g/mol. The summed E-state index contributed by atoms with van der Waals surface area (Å²) >= 11 is -0.211. The fourth-order valence-corrected chi connectivity index (χ4v) is 1.35. The van der Waals surface area contributed by atoms with Gasteiger partial charge in [0.25, 0.3) is 0 Å². The van der Waals surface area contributed by atoms with Crippen LogP contribution in [-0.4, -0.2) is 28.2 Å². The monoisotopic (exact) mass is 915 g/mol. The van der Waals surface area contributed by atoms with Gasteiger partial charge < -0.3 is 52.7 Å². The number of nitrogens with zero attached hydrogens (tertiary/aromatic N) is 2. The summed E-state index contributed by atoms with van der Waals surface area (Å²) in [4.78, 5) is 29.8. The third-order valence-electron chi connectivity index (χ3n) is 2.43. The minimum absolute atomic E-state index is 0.106. The molecule has 0 aromatic heterocycles. The summed E-state index contributed by atoms with van der Waals surface area (Å²) in [5, 5.41) is 0. The summed E-state index contributed by atoms with van der Waals surface area (Å²) in [5.41, 5.74) is 2.43. The molecule has 0 spiro atoms. The molecule has 0 saturated carbocycles. The summed E-state index contributed by atoms with van der Waals surface area (Å²) < 4.78 is 8.55. The van der Waals surface area contributed by atoms with Crippen molar-refractivity contribution in [2.75, 3.05) is 38.0 Å². The van der Waals surface area contributed by atoms with Gasteiger partial charge >= 0.3 is 70.0 Å². The van der Waals surface area contributed by atoms with Crippen molar-refractivity contribution in [1.29, 1.82) is 0 Å². The SMILES string of the molecule is CN(C)c1cc[c-]cc1.CN(C)c1cc[c-]cc1.C[C-](C)C.C[C-](C)C.C[C-](C)C.C[C-](C)C.O=P([O-])([O-])[O-].[Cl][Pd][Cl].[Cl][Pd][Cl]. The molecule has 0 bridgehead atoms. The fourth-order valence-electron chi connectivity index (χ4n) is 1.35. The Bertz CT molecular complexity index is 717. The molecule has 0 aliphatic carbocycles. The van der Waals surface area contributed by atoms with Crippen LogP contribution >= 0.6 is 45.9 Å². The maximum absolute atomic E-state index is 8.55. The summed E-state index contributed by atoms with van der Waals surface area (Å²) in [6.45, 7) is 25.0. The van der Waals surface area contributed by atoms with Crippen LogP contribution < -0.4 is 24.5 Å². The van der Waals surface area contributed by atoms with E-state index in [9.17, 15) is 0 Å². The summed E-state index contributed by atoms with van der Waals surface area (Å²) in [6, 6.07) is 21.7. The number of hydrogen-bond acceptors (Lipinski definition) is 6. The minimum atomic E-state index is -5.39. The molecule has 0 aliphatic heterocycles. The topological polar surface area (TPSA) is 92.7 Å². The third-order valence-corrected chi connectivity index (χ3v) is 2.43. The predicted molar refractivity (Wildman–Crippen MR) is 191 cm³/mol. The van der Waals surface area contributed by atoms with Gasteiger partial charge in [0.15, 0.2) is 0 Å². The van der Waals surface area contributed by atoms with Gasteiger partial charge in [0.2, 0.25) is 0 Å². The van der Waals surface area contributed by atoms with Gasteiger partial charge in [0.1, 0.15) is 0 Å². The first-order valence-electron chi connectivity index (χ1n) is 13.1. The summed E-state index contributed by atoms with van der Waals surface area (Å²) in [6.07, 6.45) is 0. The second kappa shape index (κ2) is 46.8. The molecule has 2 rings (SSSR count). The van der Waals surface area contributed by atoms with Crippen molar-refractivity contribution < 1.29 is 51.1 Å². The molecule has 280 valence electrons. The molecule has 6 nitrogen and oxygen atoms in total. The average molecular weight is 918 g/mol. The van der Waals surface area contributed by atoms with Crippen molar-refractivity contribution in [3.05, 3.63) is 84.3 Å². The van der Waals surface area contributed by atoms with Crippen LogP contribution in [-0.2, 0) is 36.4 Å². The van der Waals surface area contributed by atoms with Crippen molar-refractivity contribution in [1.82, 2.24) is 0 Å². The molecule has 2 aromatic rings. The van der Waals surface area contributed by atoms with Gasteiger partial charge in [-0.15, -0.1) is 24.3 Å². The van der Waals surface area contributed by atoms with Crippen molar-refractivity contribution >= 4 is 57.3 Å². The Balaban J connectivity index is -0.0000000751. The molecule has 0 amide bonds. The Morgan fingerprint density at radius 1 is 0.533 bits per heavy atom. The predicted octanol–water partition coefficient (Wildman–Crippen LogP) is 9.52. The zero-order valence-corrected chi connectivity index (χ0v) is 36.8. The molecule has 45 heavy (non-hydrogen) atoms. The van der Waals surface area contributed by atoms with Gasteiger partial charge in [-0.05, 0) is 0 Å². The Hall–Kier alpha value is 0.635. The first-order valence-corrected chi connectivity index (χ1v) is 22.6. The Morgan fingerprint density at radius 3 is 0.711 bits per heavy atom. The van der Waals surface area contributed by atoms with Gasteiger partial charge in [-0.1, -0.05) is 11.4 Å². The van der Waals surface area contributed by atoms with Crippen LogP contribution in [0.3, 0.4) is 0 Å². The second-order valence-corrected chi connectivity index (χ2v) is 16.5. The number of benzene rings is 2. The zero-order valence-electron chi connectivity index (χ0n) is 29.7. The molecule has 0 unspecified atom stereocenters. The Kier molecular flexibility index (Phi) is 63.3. The summed E-state index contributed by atoms with van der Waals surface area (Å²) in [7, 11) is 22.0. The molecular formula is C32H56Cl4N2O4PPd2-9. The van der Waals surface area contributed by atoms with Crippen LogP contribution in [0.1, 0.15) is 83.1 Å². The first kappa shape index (κ1) is 60.9. The van der Waals surface area contributed by atoms with Crippen LogP contribution in [0.2, 0.25) is 0 Å². The van der Waals surface area contributed by atoms with Crippen LogP contribution in [0.25, 0.3) is 0 Å². The molecule has 0 N–H and O–H groups in total. The van der Waals surface area contributed by atoms with E-state index in [1.165, 1.54) is 35.0 Å². The molecule has 2 aromatic carbocycles. The molecule has 0 fully saturated rings. The first-order chi connectivity index (χ1) is 20.4. The Morgan fingerprint density at radius 2 is 0.644 bits per heavy atom. The van der Waals surface area contributed by atoms with E-state index in [4.69, 9.17) is 57.4 Å². The third kappa shape index (κ3) is 134. The van der Waals surface area contributed by atoms with Crippen LogP contribution in [0.4, 0.5) is 11.4 Å². The van der Waals surface area contributed by atoms with E-state index in [0.29, 0.717) is 0 Å². The molecule has 0 aliphatic rings. The normalized spacial score (nSPS) is 9.13. The zero-order chi connectivity index (χ0) is 37.6. The standard InChI is InChI=1S/2C8H10N.4C4H9.4ClH.H3O4P.2Pd/c2*1-9(2)8-6-4-3-5-7-8;4*1-4(2)3;;;;;1-5(2,3)4;;/h2*4-7H,1-2H3;4*1-3H3;4*1H;(H3,1,2,3,4);;/q6*-1;;;;;;2*+2/p-7. The van der Waals surface area contributed by atoms with Crippen molar-refractivity contribution in [2.45, 2.75) is 83.1 Å². The quantitative estimate of drug-likeness (QED) is 0.169. The van der Waals surface area contributed by atoms with E-state index in [-0.39, 0.29) is 31.9 Å². The average Bonchev–Trinajstić information content (AvgIpc) is 2.84. The van der Waals surface area contributed by atoms with E-state index in [1.54, 1.807) is 0 Å². The van der Waals surface area contributed by atoms with Gasteiger partial charge in [-0.25, -0.2) is 0 Å². The van der Waals surface area contributed by atoms with Crippen molar-refractivity contribution in [3.8, 4) is 0 Å². The van der Waals surface area contributed by atoms with E-state index >= 15 is 0 Å². The van der Waals surface area contributed by atoms with Gasteiger partial charge in [-0.2, -0.15) is 127 Å². The molecule has 13 heteroatoms. The van der Waals surface area contributed by atoms with Crippen LogP contribution in [0.15, 0.2) is 48.5 Å². The molecule has 0 heterocycles. The number of hydrogen-bond donors (Lipinski definition) is 0. The Labute approximate surface area is 311 Å². The number of halogens is 4. The van der Waals surface area contributed by atoms with Gasteiger partial charge in [0, 0.05) is 28.2 Å². The van der Waals surface area contributed by atoms with Crippen molar-refractivity contribution in [3.63, 3.8) is 0 Å². The maximum atomic E-state index is 8.55. The number of anilines is 2. The van der Waals surface area contributed by atoms with Crippen molar-refractivity contribution in [2.24, 2.45) is 0 Å². The van der Waals surface area contributed by atoms with E-state index in [2.05, 4.69) is 105 Å². The molecule has 0 atom stereocenters. The van der Waals surface area contributed by atoms with Crippen LogP contribution in [0, 0.1) is 35.8 Å². The molecule has 0 radical (unpaired) electrons. The van der Waals surface area contributed by atoms with E-state index in [1.807, 2.05) is 76.7 Å². The fraction of sp³-hybridized carbons (Fsp3) is 0.500. The summed E-state index contributed by atoms with van der Waals surface area (Å²) in [5.74, 6) is 5.67. The van der Waals surface area contributed by atoms with E-state index < -0.39 is 7.82 Å². The van der Waals surface area contributed by atoms with Gasteiger partial charge in [0.05, 0.1) is 0 Å². The van der Waals surface area contributed by atoms with E-state index in [0.717, 1.165) is 0 Å². The number of phosphoric acid groups is 1. The van der Waals surface area contributed by atoms with Gasteiger partial charge in [-0.3, -0.25) is 0 Å². The molecule has 0 saturated heterocycles. The second-order valence-electron chi connectivity index (χ2n) is 10.8. The number of rotatable bonds is 2.